The van der Waals surface area contributed by atoms with Crippen LogP contribution in [0.3, 0.4) is 0 Å². The zero-order valence-corrected chi connectivity index (χ0v) is 10.8. The summed E-state index contributed by atoms with van der Waals surface area (Å²) in [5, 5.41) is 3.15. The fraction of sp³-hybridized carbons (Fsp3) is 0.538. The van der Waals surface area contributed by atoms with Gasteiger partial charge in [0.25, 0.3) is 0 Å². The molecule has 0 aromatic carbocycles. The van der Waals surface area contributed by atoms with Crippen molar-refractivity contribution in [2.45, 2.75) is 46.3 Å². The van der Waals surface area contributed by atoms with Gasteiger partial charge < -0.3 is 10.1 Å². The molecule has 0 aliphatic carbocycles. The highest BCUT2D eigenvalue weighted by atomic mass is 16.5. The molecule has 1 rings (SSSR count). The molecule has 1 aromatic heterocycles. The normalized spacial score (nSPS) is 12.0. The van der Waals surface area contributed by atoms with Gasteiger partial charge in [-0.15, -0.1) is 12.3 Å². The number of rotatable bonds is 5. The molecular weight excluding hydrogens is 214 g/mol. The second kappa shape index (κ2) is 6.09. The number of nitrogens with zero attached hydrogens (tertiary/aromatic N) is 2. The number of nitrogens with one attached hydrogen (secondary N) is 1. The van der Waals surface area contributed by atoms with Crippen molar-refractivity contribution in [2.24, 2.45) is 0 Å². The monoisotopic (exact) mass is 233 g/mol. The lowest BCUT2D eigenvalue weighted by Gasteiger charge is -2.14. The lowest BCUT2D eigenvalue weighted by Crippen LogP contribution is -2.17. The molecule has 17 heavy (non-hydrogen) atoms. The molecule has 1 unspecified atom stereocenters. The van der Waals surface area contributed by atoms with Gasteiger partial charge in [-0.05, 0) is 27.7 Å². The predicted octanol–water partition coefficient (Wildman–Crippen LogP) is 2.40. The molecule has 1 atom stereocenters. The van der Waals surface area contributed by atoms with Gasteiger partial charge >= 0.3 is 0 Å². The van der Waals surface area contributed by atoms with Gasteiger partial charge in [0, 0.05) is 24.2 Å². The van der Waals surface area contributed by atoms with Crippen LogP contribution in [0.2, 0.25) is 0 Å². The molecule has 0 radical (unpaired) electrons. The van der Waals surface area contributed by atoms with E-state index in [1.807, 2.05) is 33.8 Å². The average molecular weight is 233 g/mol. The second-order valence-electron chi connectivity index (χ2n) is 4.29. The van der Waals surface area contributed by atoms with Crippen molar-refractivity contribution in [3.63, 3.8) is 0 Å². The third-order valence-electron chi connectivity index (χ3n) is 1.99. The zero-order chi connectivity index (χ0) is 12.8. The molecule has 0 saturated carbocycles. The van der Waals surface area contributed by atoms with Gasteiger partial charge in [0.05, 0.1) is 6.10 Å². The topological polar surface area (TPSA) is 47.0 Å². The predicted molar refractivity (Wildman–Crippen MR) is 69.1 cm³/mol. The van der Waals surface area contributed by atoms with Crippen molar-refractivity contribution < 1.29 is 4.74 Å². The van der Waals surface area contributed by atoms with Crippen LogP contribution in [-0.4, -0.2) is 22.1 Å². The third kappa shape index (κ3) is 4.73. The van der Waals surface area contributed by atoms with E-state index in [1.165, 1.54) is 0 Å². The quantitative estimate of drug-likeness (QED) is 0.793. The van der Waals surface area contributed by atoms with Gasteiger partial charge in [-0.1, -0.05) is 0 Å². The van der Waals surface area contributed by atoms with E-state index in [0.29, 0.717) is 18.2 Å². The van der Waals surface area contributed by atoms with Crippen LogP contribution in [0.25, 0.3) is 0 Å². The number of hydrogen-bond acceptors (Lipinski definition) is 4. The summed E-state index contributed by atoms with van der Waals surface area (Å²) in [6.07, 6.45) is 5.99. The summed E-state index contributed by atoms with van der Waals surface area (Å²) in [4.78, 5) is 8.58. The van der Waals surface area contributed by atoms with Crippen molar-refractivity contribution in [2.75, 3.05) is 5.32 Å². The van der Waals surface area contributed by atoms with Crippen LogP contribution in [0.1, 0.15) is 32.9 Å². The summed E-state index contributed by atoms with van der Waals surface area (Å²) in [6, 6.07) is 1.96. The lowest BCUT2D eigenvalue weighted by atomic mass is 10.2. The Labute approximate surface area is 103 Å². The standard InChI is InChI=1S/C13H19N3O/c1-6-7-10(4)14-13-15-11(5)8-12(16-13)17-9(2)3/h1,8-10H,7H2,2-5H3,(H,14,15,16). The molecule has 0 spiro atoms. The number of aromatic nitrogens is 2. The molecule has 0 bridgehead atoms. The molecule has 0 amide bonds. The van der Waals surface area contributed by atoms with Crippen LogP contribution in [0.4, 0.5) is 5.95 Å². The van der Waals surface area contributed by atoms with E-state index < -0.39 is 0 Å². The van der Waals surface area contributed by atoms with Crippen LogP contribution in [0, 0.1) is 19.3 Å². The molecule has 4 heteroatoms. The Morgan fingerprint density at radius 2 is 2.12 bits per heavy atom. The molecule has 1 heterocycles. The summed E-state index contributed by atoms with van der Waals surface area (Å²) < 4.78 is 5.55. The first-order valence-electron chi connectivity index (χ1n) is 5.73. The average Bonchev–Trinajstić information content (AvgIpc) is 2.14. The number of terminal acetylenes is 1. The summed E-state index contributed by atoms with van der Waals surface area (Å²) in [7, 11) is 0. The van der Waals surface area contributed by atoms with Gasteiger partial charge in [-0.3, -0.25) is 0 Å². The van der Waals surface area contributed by atoms with E-state index >= 15 is 0 Å². The maximum absolute atomic E-state index is 5.55. The number of hydrogen-bond donors (Lipinski definition) is 1. The minimum atomic E-state index is 0.0975. The summed E-state index contributed by atoms with van der Waals surface area (Å²) in [5.74, 6) is 3.74. The van der Waals surface area contributed by atoms with Gasteiger partial charge in [0.1, 0.15) is 0 Å². The molecule has 4 nitrogen and oxygen atoms in total. The Balaban J connectivity index is 2.79. The van der Waals surface area contributed by atoms with Crippen LogP contribution in [-0.2, 0) is 0 Å². The maximum Gasteiger partial charge on any atom is 0.226 e. The second-order valence-corrected chi connectivity index (χ2v) is 4.29. The van der Waals surface area contributed by atoms with Gasteiger partial charge in [-0.25, -0.2) is 4.98 Å². The van der Waals surface area contributed by atoms with Crippen molar-refractivity contribution in [1.82, 2.24) is 9.97 Å². The molecule has 0 aliphatic heterocycles. The Morgan fingerprint density at radius 1 is 1.41 bits per heavy atom. The highest BCUT2D eigenvalue weighted by Crippen LogP contribution is 2.14. The molecule has 0 saturated heterocycles. The minimum Gasteiger partial charge on any atom is -0.475 e. The highest BCUT2D eigenvalue weighted by molar-refractivity contribution is 5.31. The molecule has 1 aromatic rings. The number of anilines is 1. The van der Waals surface area contributed by atoms with Crippen molar-refractivity contribution >= 4 is 5.95 Å². The zero-order valence-electron chi connectivity index (χ0n) is 10.8. The van der Waals surface area contributed by atoms with Crippen LogP contribution in [0.5, 0.6) is 5.88 Å². The van der Waals surface area contributed by atoms with Crippen LogP contribution < -0.4 is 10.1 Å². The molecule has 1 N–H and O–H groups in total. The summed E-state index contributed by atoms with van der Waals surface area (Å²) in [5.41, 5.74) is 0.867. The Bertz CT molecular complexity index is 410. The van der Waals surface area contributed by atoms with Gasteiger partial charge in [-0.2, -0.15) is 4.98 Å². The van der Waals surface area contributed by atoms with E-state index in [2.05, 4.69) is 21.2 Å². The molecule has 0 aliphatic rings. The molecular formula is C13H19N3O. The van der Waals surface area contributed by atoms with Gasteiger partial charge in [0.15, 0.2) is 0 Å². The summed E-state index contributed by atoms with van der Waals surface area (Å²) in [6.45, 7) is 7.83. The van der Waals surface area contributed by atoms with Crippen LogP contribution >= 0.6 is 0 Å². The first-order chi connectivity index (χ1) is 8.01. The summed E-state index contributed by atoms with van der Waals surface area (Å²) >= 11 is 0. The first kappa shape index (κ1) is 13.3. The highest BCUT2D eigenvalue weighted by Gasteiger charge is 2.07. The van der Waals surface area contributed by atoms with E-state index in [0.717, 1.165) is 5.69 Å². The van der Waals surface area contributed by atoms with E-state index in [1.54, 1.807) is 0 Å². The van der Waals surface area contributed by atoms with E-state index in [-0.39, 0.29) is 12.1 Å². The Morgan fingerprint density at radius 3 is 2.71 bits per heavy atom. The maximum atomic E-state index is 5.55. The SMILES string of the molecule is C#CCC(C)Nc1nc(C)cc(OC(C)C)n1. The van der Waals surface area contributed by atoms with Crippen molar-refractivity contribution in [3.05, 3.63) is 11.8 Å². The van der Waals surface area contributed by atoms with Crippen molar-refractivity contribution in [1.29, 1.82) is 0 Å². The van der Waals surface area contributed by atoms with Crippen molar-refractivity contribution in [3.8, 4) is 18.2 Å². The van der Waals surface area contributed by atoms with Gasteiger partial charge in [0.2, 0.25) is 11.8 Å². The number of aryl methyl sites for hydroxylation is 1. The Hall–Kier alpha value is -1.76. The largest absolute Gasteiger partial charge is 0.475 e. The first-order valence-corrected chi connectivity index (χ1v) is 5.73. The smallest absolute Gasteiger partial charge is 0.226 e. The lowest BCUT2D eigenvalue weighted by molar-refractivity contribution is 0.232. The van der Waals surface area contributed by atoms with E-state index in [9.17, 15) is 0 Å². The minimum absolute atomic E-state index is 0.0975. The fourth-order valence-corrected chi connectivity index (χ4v) is 1.35. The third-order valence-corrected chi connectivity index (χ3v) is 1.99. The number of ether oxygens (including phenoxy) is 1. The van der Waals surface area contributed by atoms with Crippen LogP contribution in [0.15, 0.2) is 6.07 Å². The molecule has 92 valence electrons. The Kier molecular flexibility index (Phi) is 4.77. The molecule has 0 fully saturated rings. The van der Waals surface area contributed by atoms with E-state index in [4.69, 9.17) is 11.2 Å². The fourth-order valence-electron chi connectivity index (χ4n) is 1.35.